The number of nitrogens with one attached hydrogen (secondary N) is 1. The van der Waals surface area contributed by atoms with Crippen LogP contribution in [0, 0.1) is 69.8 Å². The van der Waals surface area contributed by atoms with Crippen LogP contribution >= 0.6 is 0 Å². The zero-order chi connectivity index (χ0) is 40.1. The third-order valence-electron chi connectivity index (χ3n) is 11.2. The van der Waals surface area contributed by atoms with Crippen molar-refractivity contribution in [2.75, 3.05) is 30.4 Å². The van der Waals surface area contributed by atoms with Crippen molar-refractivity contribution >= 4 is 32.9 Å². The second kappa shape index (κ2) is 13.1. The lowest BCUT2D eigenvalue weighted by Gasteiger charge is -2.45. The van der Waals surface area contributed by atoms with Gasteiger partial charge in [0, 0.05) is 47.0 Å². The number of hydrogen-bond acceptors (Lipinski definition) is 3. The summed E-state index contributed by atoms with van der Waals surface area (Å²) in [6.45, 7) is 7.99. The maximum atomic E-state index is 16.0. The van der Waals surface area contributed by atoms with Gasteiger partial charge in [-0.1, -0.05) is 60.0 Å². The Balaban J connectivity index is 1.57. The number of likely N-dealkylation sites (N-methyl/N-ethyl adjacent to an activating group) is 2. The summed E-state index contributed by atoms with van der Waals surface area (Å²) in [7, 11) is 2.59. The second-order valence-corrected chi connectivity index (χ2v) is 14.7. The quantitative estimate of drug-likeness (QED) is 0.0833. The molecule has 0 amide bonds. The summed E-state index contributed by atoms with van der Waals surface area (Å²) < 4.78 is 181. The van der Waals surface area contributed by atoms with Crippen LogP contribution in [0.4, 0.5) is 64.1 Å². The molecule has 0 radical (unpaired) electrons. The van der Waals surface area contributed by atoms with E-state index in [1.165, 1.54) is 64.9 Å². The van der Waals surface area contributed by atoms with Crippen LogP contribution in [0.3, 0.4) is 0 Å². The molecule has 54 heavy (non-hydrogen) atoms. The maximum Gasteiger partial charge on any atom is 0.198 e. The average molecular weight is 774 g/mol. The Kier molecular flexibility index (Phi) is 9.55. The Morgan fingerprint density at radius 1 is 0.537 bits per heavy atom. The highest BCUT2D eigenvalue weighted by Crippen LogP contribution is 2.57. The summed E-state index contributed by atoms with van der Waals surface area (Å²) in [6, 6.07) is 0. The SMILES string of the molecule is CCCCCCNC1(/C=C/C=C2/N(C)c3c(F)c(F)c4c(F)c(F)c(F)c(F)c4c3C2(C)C)N(C)c2c(F)c(F)c3c(F)c(F)c(F)c(F)c3c2C1(C)C. The molecule has 6 rings (SSSR count). The molecule has 0 fully saturated rings. The number of unbranched alkanes of at least 4 members (excludes halogenated alkanes) is 3. The fraction of sp³-hybridized carbons (Fsp3) is 0.385. The summed E-state index contributed by atoms with van der Waals surface area (Å²) in [4.78, 5) is 2.32. The standard InChI is InChI=1S/C39H35F12N3/c1-8-9-10-11-15-52-39(38(4,5)22-18-20(26(43)32(49)30(47)24(18)41)28(45)34(51)36(22)54(39)7)14-12-13-16-37(2,3)21-17-19(25(42)31(48)29(46)23(17)40)27(44)33(50)35(21)53(16)6/h12-14,52H,8-11,15H2,1-7H3/b14-12+,16-13+. The van der Waals surface area contributed by atoms with Gasteiger partial charge in [0.2, 0.25) is 0 Å². The van der Waals surface area contributed by atoms with Gasteiger partial charge < -0.3 is 9.80 Å². The Morgan fingerprint density at radius 2 is 0.981 bits per heavy atom. The van der Waals surface area contributed by atoms with Gasteiger partial charge in [-0.15, -0.1) is 0 Å². The van der Waals surface area contributed by atoms with Crippen molar-refractivity contribution in [2.24, 2.45) is 0 Å². The van der Waals surface area contributed by atoms with E-state index in [0.29, 0.717) is 6.42 Å². The molecule has 4 aromatic carbocycles. The van der Waals surface area contributed by atoms with Crippen molar-refractivity contribution in [3.05, 3.63) is 105 Å². The van der Waals surface area contributed by atoms with Gasteiger partial charge in [-0.2, -0.15) is 0 Å². The van der Waals surface area contributed by atoms with Gasteiger partial charge in [0.15, 0.2) is 69.8 Å². The van der Waals surface area contributed by atoms with E-state index in [4.69, 9.17) is 0 Å². The van der Waals surface area contributed by atoms with Gasteiger partial charge >= 0.3 is 0 Å². The van der Waals surface area contributed by atoms with Gasteiger partial charge in [-0.25, -0.2) is 52.7 Å². The summed E-state index contributed by atoms with van der Waals surface area (Å²) in [5, 5.41) is -1.55. The fourth-order valence-corrected chi connectivity index (χ4v) is 8.48. The first-order valence-corrected chi connectivity index (χ1v) is 17.1. The van der Waals surface area contributed by atoms with Crippen molar-refractivity contribution in [1.29, 1.82) is 0 Å². The monoisotopic (exact) mass is 773 g/mol. The molecule has 0 spiro atoms. The number of rotatable bonds is 8. The summed E-state index contributed by atoms with van der Waals surface area (Å²) in [6.07, 6.45) is 7.20. The predicted octanol–water partition coefficient (Wildman–Crippen LogP) is 11.1. The van der Waals surface area contributed by atoms with Gasteiger partial charge in [0.25, 0.3) is 0 Å². The molecule has 2 aliphatic heterocycles. The minimum Gasteiger partial charge on any atom is -0.350 e. The molecule has 1 unspecified atom stereocenters. The smallest absolute Gasteiger partial charge is 0.198 e. The molecule has 290 valence electrons. The first-order valence-electron chi connectivity index (χ1n) is 17.1. The lowest BCUT2D eigenvalue weighted by molar-refractivity contribution is 0.270. The zero-order valence-corrected chi connectivity index (χ0v) is 30.2. The molecule has 0 saturated heterocycles. The summed E-state index contributed by atoms with van der Waals surface area (Å²) in [5.41, 5.74) is -6.64. The van der Waals surface area contributed by atoms with Gasteiger partial charge in [0.05, 0.1) is 22.1 Å². The van der Waals surface area contributed by atoms with Gasteiger partial charge in [0.1, 0.15) is 5.66 Å². The molecular weight excluding hydrogens is 738 g/mol. The van der Waals surface area contributed by atoms with Crippen LogP contribution in [0.1, 0.15) is 71.4 Å². The molecule has 1 atom stereocenters. The number of benzene rings is 4. The number of allylic oxidation sites excluding steroid dienone is 3. The van der Waals surface area contributed by atoms with Crippen LogP contribution in [0.15, 0.2) is 23.9 Å². The Bertz CT molecular complexity index is 2330. The predicted molar refractivity (Wildman–Crippen MR) is 182 cm³/mol. The number of fused-ring (bicyclic) bond motifs is 6. The zero-order valence-electron chi connectivity index (χ0n) is 30.2. The van der Waals surface area contributed by atoms with Crippen LogP contribution in [-0.2, 0) is 10.8 Å². The second-order valence-electron chi connectivity index (χ2n) is 14.7. The Hall–Kier alpha value is -4.40. The topological polar surface area (TPSA) is 18.5 Å². The van der Waals surface area contributed by atoms with Gasteiger partial charge in [-0.05, 0) is 30.7 Å². The molecule has 0 aliphatic carbocycles. The molecule has 4 aromatic rings. The molecule has 15 heteroatoms. The molecule has 0 saturated carbocycles. The summed E-state index contributed by atoms with van der Waals surface area (Å²) >= 11 is 0. The molecule has 2 heterocycles. The van der Waals surface area contributed by atoms with Crippen LogP contribution in [0.5, 0.6) is 0 Å². The van der Waals surface area contributed by atoms with Crippen LogP contribution < -0.4 is 15.1 Å². The van der Waals surface area contributed by atoms with Crippen molar-refractivity contribution in [1.82, 2.24) is 5.32 Å². The van der Waals surface area contributed by atoms with Crippen LogP contribution in [0.2, 0.25) is 0 Å². The van der Waals surface area contributed by atoms with Crippen LogP contribution in [0.25, 0.3) is 21.5 Å². The van der Waals surface area contributed by atoms with E-state index in [0.717, 1.165) is 24.2 Å². The normalized spacial score (nSPS) is 19.7. The summed E-state index contributed by atoms with van der Waals surface area (Å²) in [5.74, 6) is -24.4. The van der Waals surface area contributed by atoms with E-state index in [2.05, 4.69) is 5.32 Å². The third-order valence-corrected chi connectivity index (χ3v) is 11.2. The van der Waals surface area contributed by atoms with E-state index < -0.39 is 119 Å². The van der Waals surface area contributed by atoms with E-state index in [-0.39, 0.29) is 23.4 Å². The highest BCUT2D eigenvalue weighted by molar-refractivity contribution is 5.97. The average Bonchev–Trinajstić information content (AvgIpc) is 3.42. The molecule has 0 aromatic heterocycles. The first-order chi connectivity index (χ1) is 25.1. The van der Waals surface area contributed by atoms with E-state index in [9.17, 15) is 22.0 Å². The Labute approximate surface area is 302 Å². The van der Waals surface area contributed by atoms with Crippen molar-refractivity contribution in [3.8, 4) is 0 Å². The van der Waals surface area contributed by atoms with E-state index in [1.807, 2.05) is 6.92 Å². The van der Waals surface area contributed by atoms with Crippen molar-refractivity contribution < 1.29 is 52.7 Å². The van der Waals surface area contributed by atoms with Gasteiger partial charge in [-0.3, -0.25) is 5.32 Å². The minimum atomic E-state index is -2.32. The highest BCUT2D eigenvalue weighted by atomic mass is 19.2. The van der Waals surface area contributed by atoms with E-state index in [1.54, 1.807) is 0 Å². The number of nitrogens with zero attached hydrogens (tertiary/aromatic N) is 2. The minimum absolute atomic E-state index is 0.103. The van der Waals surface area contributed by atoms with Crippen LogP contribution in [-0.4, -0.2) is 26.3 Å². The molecule has 0 bridgehead atoms. The van der Waals surface area contributed by atoms with Crippen molar-refractivity contribution in [3.63, 3.8) is 0 Å². The molecule has 3 nitrogen and oxygen atoms in total. The lowest BCUT2D eigenvalue weighted by Crippen LogP contribution is -2.63. The molecule has 1 N–H and O–H groups in total. The third kappa shape index (κ3) is 5.01. The Morgan fingerprint density at radius 3 is 1.48 bits per heavy atom. The first kappa shape index (κ1) is 39.3. The maximum absolute atomic E-state index is 16.0. The fourth-order valence-electron chi connectivity index (χ4n) is 8.48. The number of halogens is 12. The molecule has 2 aliphatic rings. The number of hydrogen-bond donors (Lipinski definition) is 1. The van der Waals surface area contributed by atoms with Crippen molar-refractivity contribution in [2.45, 2.75) is 76.8 Å². The number of anilines is 2. The lowest BCUT2D eigenvalue weighted by atomic mass is 9.73. The highest BCUT2D eigenvalue weighted by Gasteiger charge is 2.57. The largest absolute Gasteiger partial charge is 0.350 e. The molecular formula is C39H35F12N3. The van der Waals surface area contributed by atoms with E-state index >= 15 is 30.7 Å².